The van der Waals surface area contributed by atoms with Gasteiger partial charge in [-0.2, -0.15) is 0 Å². The normalized spacial score (nSPS) is 29.5. The second-order valence-corrected chi connectivity index (χ2v) is 5.12. The molecule has 0 aliphatic heterocycles. The van der Waals surface area contributed by atoms with Crippen molar-refractivity contribution in [3.05, 3.63) is 29.8 Å². The van der Waals surface area contributed by atoms with Gasteiger partial charge in [-0.15, -0.1) is 0 Å². The Labute approximate surface area is 91.1 Å². The largest absolute Gasteiger partial charge is 0.508 e. The molecule has 1 fully saturated rings. The average Bonchev–Trinajstić information content (AvgIpc) is 2.77. The Morgan fingerprint density at radius 3 is 2.87 bits per heavy atom. The van der Waals surface area contributed by atoms with Crippen molar-refractivity contribution in [2.45, 2.75) is 32.2 Å². The van der Waals surface area contributed by atoms with Crippen LogP contribution in [0.15, 0.2) is 24.3 Å². The van der Waals surface area contributed by atoms with Gasteiger partial charge in [0.2, 0.25) is 0 Å². The zero-order chi connectivity index (χ0) is 11.1. The highest BCUT2D eigenvalue weighted by atomic mass is 16.3. The number of rotatable bonds is 3. The van der Waals surface area contributed by atoms with Crippen LogP contribution in [0.4, 0.5) is 0 Å². The Morgan fingerprint density at radius 1 is 1.53 bits per heavy atom. The first-order valence-corrected chi connectivity index (χ1v) is 5.61. The van der Waals surface area contributed by atoms with Crippen LogP contribution in [0.25, 0.3) is 0 Å². The van der Waals surface area contributed by atoms with Gasteiger partial charge in [0.1, 0.15) is 5.75 Å². The van der Waals surface area contributed by atoms with Crippen LogP contribution in [0.3, 0.4) is 0 Å². The Morgan fingerprint density at radius 2 is 2.27 bits per heavy atom. The summed E-state index contributed by atoms with van der Waals surface area (Å²) in [6.45, 7) is 4.45. The summed E-state index contributed by atoms with van der Waals surface area (Å²) in [6, 6.07) is 7.36. The molecule has 1 aliphatic carbocycles. The van der Waals surface area contributed by atoms with E-state index in [1.165, 1.54) is 6.42 Å². The van der Waals surface area contributed by atoms with Crippen molar-refractivity contribution in [3.8, 4) is 5.75 Å². The van der Waals surface area contributed by atoms with Gasteiger partial charge in [0.15, 0.2) is 0 Å². The van der Waals surface area contributed by atoms with Gasteiger partial charge in [-0.25, -0.2) is 0 Å². The lowest BCUT2D eigenvalue weighted by atomic mass is 9.98. The number of hydrogen-bond donors (Lipinski definition) is 2. The highest BCUT2D eigenvalue weighted by Gasteiger charge is 2.51. The van der Waals surface area contributed by atoms with Crippen LogP contribution in [0.5, 0.6) is 5.75 Å². The number of phenolic OH excluding ortho intramolecular Hbond substituents is 1. The molecule has 1 aromatic rings. The third-order valence-electron chi connectivity index (χ3n) is 3.29. The van der Waals surface area contributed by atoms with Crippen molar-refractivity contribution in [2.75, 3.05) is 0 Å². The Hall–Kier alpha value is -1.02. The fourth-order valence-electron chi connectivity index (χ4n) is 2.36. The van der Waals surface area contributed by atoms with Crippen molar-refractivity contribution < 1.29 is 5.11 Å². The van der Waals surface area contributed by atoms with Gasteiger partial charge in [0.05, 0.1) is 0 Å². The van der Waals surface area contributed by atoms with E-state index in [1.54, 1.807) is 12.1 Å². The third kappa shape index (κ3) is 2.00. The molecule has 0 spiro atoms. The summed E-state index contributed by atoms with van der Waals surface area (Å²) in [5.74, 6) is 1.59. The van der Waals surface area contributed by atoms with Crippen LogP contribution < -0.4 is 5.73 Å². The topological polar surface area (TPSA) is 46.2 Å². The maximum atomic E-state index is 9.42. The predicted molar refractivity (Wildman–Crippen MR) is 61.5 cm³/mol. The van der Waals surface area contributed by atoms with Gasteiger partial charge >= 0.3 is 0 Å². The number of benzene rings is 1. The Balaban J connectivity index is 2.13. The van der Waals surface area contributed by atoms with Crippen molar-refractivity contribution >= 4 is 0 Å². The molecule has 0 amide bonds. The average molecular weight is 205 g/mol. The molecule has 0 radical (unpaired) electrons. The smallest absolute Gasteiger partial charge is 0.115 e. The minimum absolute atomic E-state index is 0.178. The second kappa shape index (κ2) is 3.53. The molecule has 82 valence electrons. The third-order valence-corrected chi connectivity index (χ3v) is 3.29. The summed E-state index contributed by atoms with van der Waals surface area (Å²) >= 11 is 0. The van der Waals surface area contributed by atoms with Crippen molar-refractivity contribution in [2.24, 2.45) is 17.6 Å². The molecule has 1 aromatic carbocycles. The molecule has 2 rings (SSSR count). The van der Waals surface area contributed by atoms with E-state index in [1.807, 2.05) is 12.1 Å². The van der Waals surface area contributed by atoms with Crippen LogP contribution in [0.1, 0.15) is 32.3 Å². The SMILES string of the molecule is CC(C)CC1CC1(N)c1cccc(O)c1. The lowest BCUT2D eigenvalue weighted by Crippen LogP contribution is -2.22. The van der Waals surface area contributed by atoms with Gasteiger partial charge in [0.25, 0.3) is 0 Å². The molecule has 3 N–H and O–H groups in total. The Bertz CT molecular complexity index is 361. The summed E-state index contributed by atoms with van der Waals surface area (Å²) in [5.41, 5.74) is 7.22. The van der Waals surface area contributed by atoms with Crippen LogP contribution in [0, 0.1) is 11.8 Å². The molecule has 1 aliphatic rings. The fraction of sp³-hybridized carbons (Fsp3) is 0.538. The summed E-state index contributed by atoms with van der Waals surface area (Å²) in [5, 5.41) is 9.42. The number of hydrogen-bond acceptors (Lipinski definition) is 2. The van der Waals surface area contributed by atoms with E-state index >= 15 is 0 Å². The standard InChI is InChI=1S/C13H19NO/c1-9(2)6-11-8-13(11,14)10-4-3-5-12(15)7-10/h3-5,7,9,11,15H,6,8,14H2,1-2H3. The zero-order valence-corrected chi connectivity index (χ0v) is 9.40. The molecule has 1 saturated carbocycles. The van der Waals surface area contributed by atoms with E-state index in [2.05, 4.69) is 13.8 Å². The minimum Gasteiger partial charge on any atom is -0.508 e. The fourth-order valence-corrected chi connectivity index (χ4v) is 2.36. The molecule has 2 nitrogen and oxygen atoms in total. The monoisotopic (exact) mass is 205 g/mol. The maximum Gasteiger partial charge on any atom is 0.115 e. The summed E-state index contributed by atoms with van der Waals surface area (Å²) in [6.07, 6.45) is 2.22. The van der Waals surface area contributed by atoms with Crippen LogP contribution in [-0.4, -0.2) is 5.11 Å². The zero-order valence-electron chi connectivity index (χ0n) is 9.40. The first kappa shape index (κ1) is 10.5. The van der Waals surface area contributed by atoms with E-state index < -0.39 is 0 Å². The van der Waals surface area contributed by atoms with Crippen molar-refractivity contribution in [3.63, 3.8) is 0 Å². The molecule has 0 heterocycles. The van der Waals surface area contributed by atoms with Crippen molar-refractivity contribution in [1.29, 1.82) is 0 Å². The van der Waals surface area contributed by atoms with Gasteiger partial charge in [-0.1, -0.05) is 26.0 Å². The highest BCUT2D eigenvalue weighted by molar-refractivity contribution is 5.37. The maximum absolute atomic E-state index is 9.42. The van der Waals surface area contributed by atoms with Gasteiger partial charge in [0, 0.05) is 5.54 Å². The molecular formula is C13H19NO. The quantitative estimate of drug-likeness (QED) is 0.796. The molecular weight excluding hydrogens is 186 g/mol. The predicted octanol–water partition coefficient (Wildman–Crippen LogP) is 2.61. The summed E-state index contributed by atoms with van der Waals surface area (Å²) < 4.78 is 0. The number of aromatic hydroxyl groups is 1. The van der Waals surface area contributed by atoms with Crippen LogP contribution >= 0.6 is 0 Å². The lowest BCUT2D eigenvalue weighted by molar-refractivity contribution is 0.468. The molecule has 15 heavy (non-hydrogen) atoms. The van der Waals surface area contributed by atoms with E-state index in [0.717, 1.165) is 12.0 Å². The van der Waals surface area contributed by atoms with Crippen LogP contribution in [-0.2, 0) is 5.54 Å². The summed E-state index contributed by atoms with van der Waals surface area (Å²) in [4.78, 5) is 0. The molecule has 0 aromatic heterocycles. The van der Waals surface area contributed by atoms with Gasteiger partial charge in [-0.05, 0) is 42.4 Å². The van der Waals surface area contributed by atoms with Crippen LogP contribution in [0.2, 0.25) is 0 Å². The molecule has 2 unspecified atom stereocenters. The molecule has 0 bridgehead atoms. The van der Waals surface area contributed by atoms with Gasteiger partial charge < -0.3 is 10.8 Å². The van der Waals surface area contributed by atoms with Crippen molar-refractivity contribution in [1.82, 2.24) is 0 Å². The first-order chi connectivity index (χ1) is 7.02. The highest BCUT2D eigenvalue weighted by Crippen LogP contribution is 2.53. The minimum atomic E-state index is -0.178. The second-order valence-electron chi connectivity index (χ2n) is 5.12. The van der Waals surface area contributed by atoms with E-state index in [0.29, 0.717) is 17.6 Å². The number of phenols is 1. The summed E-state index contributed by atoms with van der Waals surface area (Å²) in [7, 11) is 0. The van der Waals surface area contributed by atoms with Gasteiger partial charge in [-0.3, -0.25) is 0 Å². The molecule has 2 heteroatoms. The number of nitrogens with two attached hydrogens (primary N) is 1. The lowest BCUT2D eigenvalue weighted by Gasteiger charge is -2.13. The Kier molecular flexibility index (Phi) is 2.47. The van der Waals surface area contributed by atoms with E-state index in [9.17, 15) is 5.11 Å². The molecule has 0 saturated heterocycles. The van der Waals surface area contributed by atoms with E-state index in [-0.39, 0.29) is 5.54 Å². The first-order valence-electron chi connectivity index (χ1n) is 5.61. The van der Waals surface area contributed by atoms with E-state index in [4.69, 9.17) is 5.73 Å². The molecule has 2 atom stereocenters.